The van der Waals surface area contributed by atoms with Crippen LogP contribution in [0.25, 0.3) is 11.1 Å². The number of carboxylic acid groups (broad SMARTS) is 1. The molecule has 3 N–H and O–H groups in total. The first-order chi connectivity index (χ1) is 16.4. The molecule has 0 aliphatic heterocycles. The predicted octanol–water partition coefficient (Wildman–Crippen LogP) is 2.56. The zero-order chi connectivity index (χ0) is 25.8. The maximum Gasteiger partial charge on any atom is 0.407 e. The Morgan fingerprint density at radius 1 is 1.03 bits per heavy atom. The van der Waals surface area contributed by atoms with Crippen LogP contribution in [0.1, 0.15) is 37.3 Å². The molecule has 0 radical (unpaired) electrons. The van der Waals surface area contributed by atoms with Crippen LogP contribution in [0, 0.1) is 5.41 Å². The van der Waals surface area contributed by atoms with Crippen molar-refractivity contribution in [1.29, 1.82) is 0 Å². The highest BCUT2D eigenvalue weighted by Gasteiger charge is 2.33. The van der Waals surface area contributed by atoms with Crippen LogP contribution in [0.3, 0.4) is 0 Å². The highest BCUT2D eigenvalue weighted by atomic mass is 32.2. The second kappa shape index (κ2) is 10.5. The number of carbonyl (C=O) groups is 3. The summed E-state index contributed by atoms with van der Waals surface area (Å²) in [6.45, 7) is 3.11. The van der Waals surface area contributed by atoms with Gasteiger partial charge in [0.15, 0.2) is 0 Å². The number of fused-ring (bicyclic) bond motifs is 3. The third-order valence-corrected chi connectivity index (χ3v) is 6.99. The van der Waals surface area contributed by atoms with Gasteiger partial charge in [0.05, 0.1) is 11.2 Å². The molecule has 2 amide bonds. The van der Waals surface area contributed by atoms with Gasteiger partial charge < -0.3 is 20.5 Å². The lowest BCUT2D eigenvalue weighted by Crippen LogP contribution is -2.50. The molecule has 188 valence electrons. The number of amides is 2. The van der Waals surface area contributed by atoms with Crippen molar-refractivity contribution < 1.29 is 32.6 Å². The lowest BCUT2D eigenvalue weighted by molar-refractivity contribution is -0.143. The molecule has 1 atom stereocenters. The SMILES string of the molecule is CC(C)(CNC(=O)OCC1c2ccccc2-c2ccccc21)C(=O)NC(CCS(C)(=O)=O)C(=O)O. The van der Waals surface area contributed by atoms with Crippen LogP contribution in [0.4, 0.5) is 4.79 Å². The summed E-state index contributed by atoms with van der Waals surface area (Å²) in [6, 6.07) is 14.6. The van der Waals surface area contributed by atoms with Gasteiger partial charge >= 0.3 is 12.1 Å². The first-order valence-corrected chi connectivity index (χ1v) is 13.3. The van der Waals surface area contributed by atoms with E-state index in [4.69, 9.17) is 4.74 Å². The number of nitrogens with one attached hydrogen (secondary N) is 2. The lowest BCUT2D eigenvalue weighted by Gasteiger charge is -2.26. The maximum atomic E-state index is 12.6. The summed E-state index contributed by atoms with van der Waals surface area (Å²) in [5, 5.41) is 14.2. The molecule has 0 fully saturated rings. The van der Waals surface area contributed by atoms with Crippen molar-refractivity contribution in [2.45, 2.75) is 32.2 Å². The Balaban J connectivity index is 1.55. The van der Waals surface area contributed by atoms with Crippen molar-refractivity contribution in [1.82, 2.24) is 10.6 Å². The topological polar surface area (TPSA) is 139 Å². The number of rotatable bonds is 10. The molecule has 9 nitrogen and oxygen atoms in total. The van der Waals surface area contributed by atoms with E-state index in [2.05, 4.69) is 10.6 Å². The van der Waals surface area contributed by atoms with Crippen LogP contribution in [0.15, 0.2) is 48.5 Å². The summed E-state index contributed by atoms with van der Waals surface area (Å²) < 4.78 is 28.2. The van der Waals surface area contributed by atoms with E-state index in [1.165, 1.54) is 0 Å². The summed E-state index contributed by atoms with van der Waals surface area (Å²) in [5.74, 6) is -2.43. The number of ether oxygens (including phenoxy) is 1. The van der Waals surface area contributed by atoms with Gasteiger partial charge in [0.25, 0.3) is 0 Å². The molecular formula is C25H30N2O7S. The Labute approximate surface area is 204 Å². The van der Waals surface area contributed by atoms with Crippen LogP contribution in [-0.4, -0.2) is 62.7 Å². The molecule has 0 heterocycles. The zero-order valence-electron chi connectivity index (χ0n) is 19.9. The molecule has 3 rings (SSSR count). The van der Waals surface area contributed by atoms with Crippen LogP contribution >= 0.6 is 0 Å². The summed E-state index contributed by atoms with van der Waals surface area (Å²) >= 11 is 0. The monoisotopic (exact) mass is 502 g/mol. The van der Waals surface area contributed by atoms with Crippen LogP contribution in [0.2, 0.25) is 0 Å². The van der Waals surface area contributed by atoms with Crippen molar-refractivity contribution in [2.75, 3.05) is 25.2 Å². The summed E-state index contributed by atoms with van der Waals surface area (Å²) in [5.41, 5.74) is 3.22. The quantitative estimate of drug-likeness (QED) is 0.454. The van der Waals surface area contributed by atoms with E-state index in [1.54, 1.807) is 13.8 Å². The van der Waals surface area contributed by atoms with Crippen LogP contribution in [-0.2, 0) is 24.2 Å². The van der Waals surface area contributed by atoms with Crippen molar-refractivity contribution >= 4 is 27.8 Å². The molecule has 0 bridgehead atoms. The average molecular weight is 503 g/mol. The minimum Gasteiger partial charge on any atom is -0.480 e. The second-order valence-corrected chi connectivity index (χ2v) is 11.6. The van der Waals surface area contributed by atoms with Crippen LogP contribution in [0.5, 0.6) is 0 Å². The van der Waals surface area contributed by atoms with Gasteiger partial charge in [-0.2, -0.15) is 0 Å². The van der Waals surface area contributed by atoms with Gasteiger partial charge in [-0.25, -0.2) is 18.0 Å². The summed E-state index contributed by atoms with van der Waals surface area (Å²) in [4.78, 5) is 36.5. The molecule has 35 heavy (non-hydrogen) atoms. The van der Waals surface area contributed by atoms with Gasteiger partial charge in [-0.15, -0.1) is 0 Å². The molecule has 10 heteroatoms. The third kappa shape index (κ3) is 6.60. The fraction of sp³-hybridized carbons (Fsp3) is 0.400. The van der Waals surface area contributed by atoms with E-state index in [0.29, 0.717) is 0 Å². The summed E-state index contributed by atoms with van der Waals surface area (Å²) in [7, 11) is -3.38. The van der Waals surface area contributed by atoms with E-state index >= 15 is 0 Å². The van der Waals surface area contributed by atoms with Gasteiger partial charge in [0, 0.05) is 18.7 Å². The first-order valence-electron chi connectivity index (χ1n) is 11.2. The molecule has 1 aliphatic carbocycles. The Bertz CT molecular complexity index is 1180. The Hall–Kier alpha value is -3.40. The Kier molecular flexibility index (Phi) is 7.84. The molecule has 1 unspecified atom stereocenters. The fourth-order valence-electron chi connectivity index (χ4n) is 3.97. The Morgan fingerprint density at radius 3 is 2.09 bits per heavy atom. The fourth-order valence-corrected chi connectivity index (χ4v) is 4.63. The van der Waals surface area contributed by atoms with E-state index in [0.717, 1.165) is 28.5 Å². The highest BCUT2D eigenvalue weighted by molar-refractivity contribution is 7.90. The maximum absolute atomic E-state index is 12.6. The number of hydrogen-bond donors (Lipinski definition) is 3. The molecular weight excluding hydrogens is 472 g/mol. The largest absolute Gasteiger partial charge is 0.480 e. The van der Waals surface area contributed by atoms with Crippen molar-refractivity contribution in [3.05, 3.63) is 59.7 Å². The zero-order valence-corrected chi connectivity index (χ0v) is 20.7. The van der Waals surface area contributed by atoms with Gasteiger partial charge in [-0.3, -0.25) is 4.79 Å². The molecule has 0 aromatic heterocycles. The van der Waals surface area contributed by atoms with Crippen molar-refractivity contribution in [3.8, 4) is 11.1 Å². The second-order valence-electron chi connectivity index (χ2n) is 9.35. The minimum atomic E-state index is -3.38. The predicted molar refractivity (Wildman–Crippen MR) is 131 cm³/mol. The molecule has 1 aliphatic rings. The van der Waals surface area contributed by atoms with Crippen LogP contribution < -0.4 is 10.6 Å². The number of aliphatic carboxylic acids is 1. The Morgan fingerprint density at radius 2 is 1.57 bits per heavy atom. The first kappa shape index (κ1) is 26.2. The van der Waals surface area contributed by atoms with Gasteiger partial charge in [0.1, 0.15) is 22.5 Å². The number of hydrogen-bond acceptors (Lipinski definition) is 6. The average Bonchev–Trinajstić information content (AvgIpc) is 3.12. The van der Waals surface area contributed by atoms with Crippen molar-refractivity contribution in [2.24, 2.45) is 5.41 Å². The molecule has 2 aromatic carbocycles. The number of alkyl carbamates (subject to hydrolysis) is 1. The molecule has 2 aromatic rings. The molecule has 0 saturated heterocycles. The third-order valence-electron chi connectivity index (χ3n) is 6.01. The van der Waals surface area contributed by atoms with Gasteiger partial charge in [-0.1, -0.05) is 48.5 Å². The molecule has 0 spiro atoms. The smallest absolute Gasteiger partial charge is 0.407 e. The number of carbonyl (C=O) groups excluding carboxylic acids is 2. The summed E-state index contributed by atoms with van der Waals surface area (Å²) in [6.07, 6.45) is 0.0470. The lowest BCUT2D eigenvalue weighted by atomic mass is 9.91. The van der Waals surface area contributed by atoms with E-state index in [9.17, 15) is 27.9 Å². The standard InChI is InChI=1S/C25H30N2O7S/c1-25(2,23(30)27-21(22(28)29)12-13-35(3,32)33)15-26-24(31)34-14-20-18-10-6-4-8-16(18)17-9-5-7-11-19(17)20/h4-11,20-21H,12-15H2,1-3H3,(H,26,31)(H,27,30)(H,28,29). The van der Waals surface area contributed by atoms with E-state index < -0.39 is 39.3 Å². The normalized spacial score (nSPS) is 13.9. The number of carboxylic acids is 1. The highest BCUT2D eigenvalue weighted by Crippen LogP contribution is 2.44. The van der Waals surface area contributed by atoms with Gasteiger partial charge in [-0.05, 0) is 42.5 Å². The van der Waals surface area contributed by atoms with E-state index in [-0.39, 0.29) is 31.2 Å². The number of sulfone groups is 1. The number of benzene rings is 2. The minimum absolute atomic E-state index is 0.101. The molecule has 0 saturated carbocycles. The van der Waals surface area contributed by atoms with E-state index in [1.807, 2.05) is 48.5 Å². The van der Waals surface area contributed by atoms with Crippen molar-refractivity contribution in [3.63, 3.8) is 0 Å². The van der Waals surface area contributed by atoms with Gasteiger partial charge in [0.2, 0.25) is 5.91 Å².